The number of fused-ring (bicyclic) bond motifs is 1. The number of nitrogens with one attached hydrogen (secondary N) is 1. The monoisotopic (exact) mass is 404 g/mol. The number of H-pyrrole nitrogens is 1. The van der Waals surface area contributed by atoms with Crippen LogP contribution in [0.25, 0.3) is 10.9 Å². The van der Waals surface area contributed by atoms with Crippen LogP contribution in [0.3, 0.4) is 0 Å². The molecule has 1 saturated carbocycles. The van der Waals surface area contributed by atoms with Gasteiger partial charge in [-0.05, 0) is 61.5 Å². The Morgan fingerprint density at radius 3 is 2.53 bits per heavy atom. The number of aromatic nitrogens is 1. The van der Waals surface area contributed by atoms with Crippen LogP contribution in [0.2, 0.25) is 0 Å². The fourth-order valence-electron chi connectivity index (χ4n) is 4.24. The second-order valence-corrected chi connectivity index (χ2v) is 7.90. The van der Waals surface area contributed by atoms with Gasteiger partial charge in [-0.15, -0.1) is 0 Å². The van der Waals surface area contributed by atoms with Crippen LogP contribution >= 0.6 is 0 Å². The summed E-state index contributed by atoms with van der Waals surface area (Å²) in [6, 6.07) is 17.2. The normalized spacial score (nSPS) is 14.6. The van der Waals surface area contributed by atoms with Crippen molar-refractivity contribution in [3.05, 3.63) is 70.5 Å². The van der Waals surface area contributed by atoms with E-state index in [-0.39, 0.29) is 23.9 Å². The number of hydrogen-bond donors (Lipinski definition) is 1. The Hall–Kier alpha value is -3.08. The van der Waals surface area contributed by atoms with E-state index < -0.39 is 0 Å². The summed E-state index contributed by atoms with van der Waals surface area (Å²) in [5.74, 6) is 0.895. The molecule has 1 fully saturated rings. The van der Waals surface area contributed by atoms with Gasteiger partial charge in [-0.1, -0.05) is 37.5 Å². The van der Waals surface area contributed by atoms with Crippen molar-refractivity contribution >= 4 is 22.5 Å². The smallest absolute Gasteiger partial charge is 0.253 e. The fourth-order valence-corrected chi connectivity index (χ4v) is 4.24. The maximum atomic E-state index is 13.5. The molecular weight excluding hydrogens is 376 g/mol. The molecule has 1 aromatic heterocycles. The predicted octanol–water partition coefficient (Wildman–Crippen LogP) is 5.04. The van der Waals surface area contributed by atoms with Gasteiger partial charge in [0.1, 0.15) is 5.75 Å². The number of para-hydroxylation sites is 1. The number of anilines is 1. The summed E-state index contributed by atoms with van der Waals surface area (Å²) in [4.78, 5) is 30.9. The van der Waals surface area contributed by atoms with Gasteiger partial charge < -0.3 is 14.6 Å². The van der Waals surface area contributed by atoms with Gasteiger partial charge in [0, 0.05) is 22.7 Å². The van der Waals surface area contributed by atoms with Gasteiger partial charge in [0.05, 0.1) is 13.2 Å². The van der Waals surface area contributed by atoms with Crippen LogP contribution in [0, 0.1) is 5.92 Å². The summed E-state index contributed by atoms with van der Waals surface area (Å²) in [5.41, 5.74) is 2.03. The van der Waals surface area contributed by atoms with Crippen LogP contribution in [-0.4, -0.2) is 17.5 Å². The second-order valence-electron chi connectivity index (χ2n) is 7.90. The van der Waals surface area contributed by atoms with Crippen molar-refractivity contribution in [3.8, 4) is 5.75 Å². The first-order chi connectivity index (χ1) is 14.7. The average molecular weight is 405 g/mol. The Morgan fingerprint density at radius 1 is 1.07 bits per heavy atom. The number of hydrogen-bond acceptors (Lipinski definition) is 3. The highest BCUT2D eigenvalue weighted by atomic mass is 16.5. The van der Waals surface area contributed by atoms with E-state index in [1.807, 2.05) is 61.5 Å². The first-order valence-electron chi connectivity index (χ1n) is 10.8. The fraction of sp³-hybridized carbons (Fsp3) is 0.360. The summed E-state index contributed by atoms with van der Waals surface area (Å²) in [5, 5.41) is 0.962. The van der Waals surface area contributed by atoms with Crippen molar-refractivity contribution in [2.75, 3.05) is 11.5 Å². The molecule has 0 aliphatic heterocycles. The van der Waals surface area contributed by atoms with Gasteiger partial charge in [0.15, 0.2) is 0 Å². The lowest BCUT2D eigenvalue weighted by Crippen LogP contribution is -2.38. The number of carbonyl (C=O) groups is 1. The number of rotatable bonds is 6. The first-order valence-corrected chi connectivity index (χ1v) is 10.8. The summed E-state index contributed by atoms with van der Waals surface area (Å²) < 4.78 is 5.54. The molecule has 0 atom stereocenters. The lowest BCUT2D eigenvalue weighted by Gasteiger charge is -2.29. The Bertz CT molecular complexity index is 1070. The molecule has 1 N–H and O–H groups in total. The van der Waals surface area contributed by atoms with Crippen LogP contribution in [-0.2, 0) is 11.3 Å². The van der Waals surface area contributed by atoms with Crippen molar-refractivity contribution in [2.45, 2.75) is 45.6 Å². The molecule has 156 valence electrons. The number of ether oxygens (including phenoxy) is 1. The minimum Gasteiger partial charge on any atom is -0.494 e. The van der Waals surface area contributed by atoms with Crippen LogP contribution < -0.4 is 15.2 Å². The minimum atomic E-state index is -0.152. The van der Waals surface area contributed by atoms with E-state index in [9.17, 15) is 9.59 Å². The largest absolute Gasteiger partial charge is 0.494 e. The van der Waals surface area contributed by atoms with Crippen molar-refractivity contribution in [3.63, 3.8) is 0 Å². The van der Waals surface area contributed by atoms with Crippen LogP contribution in [0.1, 0.15) is 44.6 Å². The van der Waals surface area contributed by atoms with E-state index in [2.05, 4.69) is 4.98 Å². The second kappa shape index (κ2) is 9.16. The third kappa shape index (κ3) is 4.40. The highest BCUT2D eigenvalue weighted by Gasteiger charge is 2.27. The Balaban J connectivity index is 1.68. The zero-order chi connectivity index (χ0) is 20.9. The molecule has 2 aromatic carbocycles. The van der Waals surface area contributed by atoms with Gasteiger partial charge in [-0.3, -0.25) is 9.59 Å². The molecule has 5 nitrogen and oxygen atoms in total. The summed E-state index contributed by atoms with van der Waals surface area (Å²) in [6.07, 6.45) is 5.20. The molecular formula is C25H28N2O3. The van der Waals surface area contributed by atoms with Gasteiger partial charge in [-0.2, -0.15) is 0 Å². The number of pyridine rings is 1. The van der Waals surface area contributed by atoms with E-state index in [1.54, 1.807) is 4.90 Å². The lowest BCUT2D eigenvalue weighted by atomic mass is 9.88. The zero-order valence-corrected chi connectivity index (χ0v) is 17.4. The van der Waals surface area contributed by atoms with Crippen molar-refractivity contribution in [2.24, 2.45) is 5.92 Å². The number of nitrogens with zero attached hydrogens (tertiary/aromatic N) is 1. The third-order valence-electron chi connectivity index (χ3n) is 5.84. The molecule has 0 radical (unpaired) electrons. The molecule has 1 aliphatic rings. The molecule has 0 unspecified atom stereocenters. The Kier molecular flexibility index (Phi) is 6.17. The topological polar surface area (TPSA) is 62.4 Å². The van der Waals surface area contributed by atoms with Gasteiger partial charge in [-0.25, -0.2) is 0 Å². The highest BCUT2D eigenvalue weighted by molar-refractivity contribution is 5.95. The number of carbonyl (C=O) groups excluding carboxylic acids is 1. The predicted molar refractivity (Wildman–Crippen MR) is 120 cm³/mol. The summed E-state index contributed by atoms with van der Waals surface area (Å²) in [7, 11) is 0. The van der Waals surface area contributed by atoms with Crippen molar-refractivity contribution in [1.82, 2.24) is 4.98 Å². The lowest BCUT2D eigenvalue weighted by molar-refractivity contribution is -0.123. The molecule has 0 saturated heterocycles. The molecule has 30 heavy (non-hydrogen) atoms. The highest BCUT2D eigenvalue weighted by Crippen LogP contribution is 2.29. The zero-order valence-electron chi connectivity index (χ0n) is 17.4. The molecule has 5 heteroatoms. The van der Waals surface area contributed by atoms with Crippen molar-refractivity contribution < 1.29 is 9.53 Å². The number of benzene rings is 2. The molecule has 3 aromatic rings. The number of amides is 1. The third-order valence-corrected chi connectivity index (χ3v) is 5.84. The van der Waals surface area contributed by atoms with E-state index in [4.69, 9.17) is 4.74 Å². The minimum absolute atomic E-state index is 0.0184. The molecule has 4 rings (SSSR count). The SMILES string of the molecule is CCOc1ccc(N(Cc2cc3ccccc3[nH]c2=O)C(=O)C2CCCCC2)cc1. The molecule has 1 aliphatic carbocycles. The van der Waals surface area contributed by atoms with Crippen LogP contribution in [0.4, 0.5) is 5.69 Å². The van der Waals surface area contributed by atoms with Crippen molar-refractivity contribution in [1.29, 1.82) is 0 Å². The first kappa shape index (κ1) is 20.2. The Labute approximate surface area is 176 Å². The van der Waals surface area contributed by atoms with Crippen LogP contribution in [0.15, 0.2) is 59.4 Å². The average Bonchev–Trinajstić information content (AvgIpc) is 2.79. The van der Waals surface area contributed by atoms with Crippen LogP contribution in [0.5, 0.6) is 5.75 Å². The standard InChI is InChI=1S/C25H28N2O3/c1-2-30-22-14-12-21(13-15-22)27(25(29)18-8-4-3-5-9-18)17-20-16-19-10-6-7-11-23(19)26-24(20)28/h6-7,10-16,18H,2-5,8-9,17H2,1H3,(H,26,28). The molecule has 1 amide bonds. The Morgan fingerprint density at radius 2 is 1.80 bits per heavy atom. The summed E-state index contributed by atoms with van der Waals surface area (Å²) in [6.45, 7) is 2.79. The van der Waals surface area contributed by atoms with E-state index in [1.165, 1.54) is 6.42 Å². The maximum Gasteiger partial charge on any atom is 0.253 e. The van der Waals surface area contributed by atoms with Gasteiger partial charge >= 0.3 is 0 Å². The molecule has 1 heterocycles. The molecule has 0 spiro atoms. The quantitative estimate of drug-likeness (QED) is 0.626. The van der Waals surface area contributed by atoms with E-state index >= 15 is 0 Å². The van der Waals surface area contributed by atoms with Gasteiger partial charge in [0.25, 0.3) is 5.56 Å². The van der Waals surface area contributed by atoms with E-state index in [0.717, 1.165) is 48.0 Å². The number of aromatic amines is 1. The molecule has 0 bridgehead atoms. The van der Waals surface area contributed by atoms with Gasteiger partial charge in [0.2, 0.25) is 5.91 Å². The summed E-state index contributed by atoms with van der Waals surface area (Å²) >= 11 is 0. The maximum absolute atomic E-state index is 13.5. The van der Waals surface area contributed by atoms with E-state index in [0.29, 0.717) is 12.2 Å².